The highest BCUT2D eigenvalue weighted by Crippen LogP contribution is 2.45. The van der Waals surface area contributed by atoms with Crippen LogP contribution in [0.15, 0.2) is 118 Å². The van der Waals surface area contributed by atoms with E-state index < -0.39 is 0 Å². The fourth-order valence-electron chi connectivity index (χ4n) is 10.0. The maximum absolute atomic E-state index is 5.50. The Kier molecular flexibility index (Phi) is 7.98. The molecule has 4 nitrogen and oxygen atoms in total. The number of benzene rings is 3. The quantitative estimate of drug-likeness (QED) is 0.279. The predicted molar refractivity (Wildman–Crippen MR) is 217 cm³/mol. The van der Waals surface area contributed by atoms with E-state index in [1.54, 1.807) is 5.57 Å². The van der Waals surface area contributed by atoms with E-state index in [0.717, 1.165) is 68.7 Å². The SMILES string of the molecule is CC1C=Cc2cc(C3N=C(c4ccc(C5C=C6CCC=CC6N(C)C5)cc4)N=C(C4=Cc5ccccc5C5C=CCCC45)N3)c3c(c2C1)C=CCC3. The number of nitrogens with zero attached hydrogens (tertiary/aromatic N) is 3. The fourth-order valence-corrected chi connectivity index (χ4v) is 10.0. The Morgan fingerprint density at radius 2 is 1.69 bits per heavy atom. The molecule has 6 unspecified atom stereocenters. The van der Waals surface area contributed by atoms with Crippen molar-refractivity contribution in [3.63, 3.8) is 0 Å². The minimum atomic E-state index is -0.218. The molecule has 2 aliphatic heterocycles. The van der Waals surface area contributed by atoms with Crippen LogP contribution in [0.4, 0.5) is 0 Å². The van der Waals surface area contributed by atoms with Gasteiger partial charge in [-0.1, -0.05) is 116 Å². The molecule has 260 valence electrons. The second kappa shape index (κ2) is 13.0. The van der Waals surface area contributed by atoms with Crippen molar-refractivity contribution in [1.82, 2.24) is 10.2 Å². The first-order valence-corrected chi connectivity index (χ1v) is 19.7. The average molecular weight is 681 g/mol. The second-order valence-electron chi connectivity index (χ2n) is 16.1. The van der Waals surface area contributed by atoms with Gasteiger partial charge in [0, 0.05) is 35.5 Å². The van der Waals surface area contributed by atoms with E-state index in [2.05, 4.69) is 140 Å². The van der Waals surface area contributed by atoms with E-state index in [9.17, 15) is 0 Å². The zero-order valence-corrected chi connectivity index (χ0v) is 30.4. The lowest BCUT2D eigenvalue weighted by Crippen LogP contribution is -2.39. The molecule has 0 radical (unpaired) electrons. The van der Waals surface area contributed by atoms with Crippen LogP contribution in [0.3, 0.4) is 0 Å². The fraction of sp³-hybridized carbons (Fsp3) is 0.333. The number of hydrogen-bond acceptors (Lipinski definition) is 4. The smallest absolute Gasteiger partial charge is 0.159 e. The van der Waals surface area contributed by atoms with Crippen molar-refractivity contribution in [2.24, 2.45) is 21.8 Å². The van der Waals surface area contributed by atoms with Crippen LogP contribution in [0.2, 0.25) is 0 Å². The van der Waals surface area contributed by atoms with Crippen LogP contribution in [0.5, 0.6) is 0 Å². The largest absolute Gasteiger partial charge is 0.344 e. The number of hydrogen-bond donors (Lipinski definition) is 1. The summed E-state index contributed by atoms with van der Waals surface area (Å²) in [4.78, 5) is 13.4. The molecule has 6 atom stereocenters. The van der Waals surface area contributed by atoms with E-state index in [1.807, 2.05) is 0 Å². The number of allylic oxidation sites excluding steroid dienone is 5. The van der Waals surface area contributed by atoms with Crippen LogP contribution in [0.1, 0.15) is 107 Å². The van der Waals surface area contributed by atoms with Gasteiger partial charge < -0.3 is 5.32 Å². The summed E-state index contributed by atoms with van der Waals surface area (Å²) in [7, 11) is 2.27. The molecule has 0 bridgehead atoms. The summed E-state index contributed by atoms with van der Waals surface area (Å²) in [6.07, 6.45) is 31.5. The van der Waals surface area contributed by atoms with Crippen molar-refractivity contribution in [2.75, 3.05) is 13.6 Å². The lowest BCUT2D eigenvalue weighted by atomic mass is 9.70. The van der Waals surface area contributed by atoms with Gasteiger partial charge >= 0.3 is 0 Å². The highest BCUT2D eigenvalue weighted by molar-refractivity contribution is 6.15. The molecular formula is C48H48N4. The molecule has 5 aliphatic carbocycles. The standard InChI is InChI=1S/C48H48N4/c1-30-19-20-34-28-44(41-17-9-7-15-39(41)42(34)25-30)48-50-46(32-23-21-31(22-24-32)36-26-35-12-4-10-18-45(35)52(2)29-36)49-47(51-48)43-27-33-11-3-5-13-37(33)38-14-6-8-16-40(38)43/h3,5-7,10-11,13-15,18-24,26-28,30,36,38,40,45,48H,4,8-9,12,16-17,25,29H2,1-2H3,(H,49,50,51). The lowest BCUT2D eigenvalue weighted by Gasteiger charge is -2.37. The van der Waals surface area contributed by atoms with Crippen molar-refractivity contribution >= 4 is 29.9 Å². The van der Waals surface area contributed by atoms with Gasteiger partial charge in [0.1, 0.15) is 12.0 Å². The number of likely N-dealkylation sites (N-methyl/N-ethyl adjacent to an activating group) is 1. The highest BCUT2D eigenvalue weighted by Gasteiger charge is 2.36. The van der Waals surface area contributed by atoms with Gasteiger partial charge in [0.05, 0.1) is 0 Å². The van der Waals surface area contributed by atoms with Gasteiger partial charge in [-0.05, 0) is 120 Å². The highest BCUT2D eigenvalue weighted by atomic mass is 15.2. The normalized spacial score (nSPS) is 28.6. The van der Waals surface area contributed by atoms with Crippen LogP contribution in [0.25, 0.3) is 18.2 Å². The van der Waals surface area contributed by atoms with Crippen molar-refractivity contribution in [3.8, 4) is 0 Å². The number of amidine groups is 2. The first-order valence-electron chi connectivity index (χ1n) is 19.7. The molecule has 0 aromatic heterocycles. The Labute approximate surface area is 308 Å². The Hall–Kier alpha value is -4.80. The van der Waals surface area contributed by atoms with Gasteiger partial charge in [0.2, 0.25) is 0 Å². The molecule has 10 rings (SSSR count). The molecule has 0 saturated heterocycles. The summed E-state index contributed by atoms with van der Waals surface area (Å²) < 4.78 is 0. The van der Waals surface area contributed by atoms with Gasteiger partial charge in [-0.25, -0.2) is 9.98 Å². The Bertz CT molecular complexity index is 2190. The molecule has 1 N–H and O–H groups in total. The molecule has 7 aliphatic rings. The van der Waals surface area contributed by atoms with Crippen LogP contribution in [-0.4, -0.2) is 36.2 Å². The molecule has 3 aromatic carbocycles. The first-order chi connectivity index (χ1) is 25.6. The Balaban J connectivity index is 1.08. The van der Waals surface area contributed by atoms with Crippen LogP contribution in [-0.2, 0) is 12.8 Å². The number of fused-ring (bicyclic) bond motifs is 7. The van der Waals surface area contributed by atoms with Crippen LogP contribution in [0, 0.1) is 11.8 Å². The maximum atomic E-state index is 5.50. The molecular weight excluding hydrogens is 633 g/mol. The zero-order chi connectivity index (χ0) is 34.8. The molecule has 2 heterocycles. The van der Waals surface area contributed by atoms with Gasteiger partial charge in [-0.15, -0.1) is 0 Å². The Morgan fingerprint density at radius 3 is 2.62 bits per heavy atom. The first kappa shape index (κ1) is 31.9. The maximum Gasteiger partial charge on any atom is 0.159 e. The third kappa shape index (κ3) is 5.54. The van der Waals surface area contributed by atoms with E-state index in [4.69, 9.17) is 9.98 Å². The van der Waals surface area contributed by atoms with Crippen molar-refractivity contribution in [3.05, 3.63) is 158 Å². The number of aliphatic imine (C=N–C) groups is 2. The summed E-state index contributed by atoms with van der Waals surface area (Å²) in [5.41, 5.74) is 15.1. The third-order valence-electron chi connectivity index (χ3n) is 12.7. The van der Waals surface area contributed by atoms with Gasteiger partial charge in [0.25, 0.3) is 0 Å². The van der Waals surface area contributed by atoms with Crippen molar-refractivity contribution in [2.45, 2.75) is 75.9 Å². The third-order valence-corrected chi connectivity index (χ3v) is 12.7. The summed E-state index contributed by atoms with van der Waals surface area (Å²) in [5.74, 6) is 3.51. The number of nitrogens with one attached hydrogen (secondary N) is 1. The molecule has 52 heavy (non-hydrogen) atoms. The monoisotopic (exact) mass is 680 g/mol. The van der Waals surface area contributed by atoms with Crippen molar-refractivity contribution in [1.29, 1.82) is 0 Å². The Morgan fingerprint density at radius 1 is 0.827 bits per heavy atom. The molecule has 0 saturated carbocycles. The lowest BCUT2D eigenvalue weighted by molar-refractivity contribution is 0.276. The summed E-state index contributed by atoms with van der Waals surface area (Å²) in [5, 5.41) is 3.97. The molecule has 0 fully saturated rings. The van der Waals surface area contributed by atoms with E-state index in [1.165, 1.54) is 50.1 Å². The number of rotatable bonds is 4. The van der Waals surface area contributed by atoms with E-state index in [0.29, 0.717) is 29.7 Å². The molecule has 3 aromatic rings. The molecule has 4 heteroatoms. The summed E-state index contributed by atoms with van der Waals surface area (Å²) in [6.45, 7) is 3.36. The predicted octanol–water partition coefficient (Wildman–Crippen LogP) is 10.1. The van der Waals surface area contributed by atoms with Gasteiger partial charge in [-0.2, -0.15) is 0 Å². The molecule has 0 spiro atoms. The minimum absolute atomic E-state index is 0.218. The van der Waals surface area contributed by atoms with Crippen molar-refractivity contribution < 1.29 is 0 Å². The average Bonchev–Trinajstić information content (AvgIpc) is 3.20. The van der Waals surface area contributed by atoms with E-state index >= 15 is 0 Å². The molecule has 0 amide bonds. The summed E-state index contributed by atoms with van der Waals surface area (Å²) in [6, 6.07) is 21.0. The topological polar surface area (TPSA) is 40.0 Å². The van der Waals surface area contributed by atoms with Gasteiger partial charge in [-0.3, -0.25) is 4.90 Å². The summed E-state index contributed by atoms with van der Waals surface area (Å²) >= 11 is 0. The zero-order valence-electron chi connectivity index (χ0n) is 30.4. The van der Waals surface area contributed by atoms with E-state index in [-0.39, 0.29) is 6.17 Å². The van der Waals surface area contributed by atoms with Crippen LogP contribution >= 0.6 is 0 Å². The van der Waals surface area contributed by atoms with Gasteiger partial charge in [0.15, 0.2) is 5.84 Å². The minimum Gasteiger partial charge on any atom is -0.344 e. The second-order valence-corrected chi connectivity index (χ2v) is 16.1. The van der Waals surface area contributed by atoms with Crippen LogP contribution < -0.4 is 5.32 Å².